The summed E-state index contributed by atoms with van der Waals surface area (Å²) in [7, 11) is -0.843. The van der Waals surface area contributed by atoms with Gasteiger partial charge in [-0.25, -0.2) is 0 Å². The maximum absolute atomic E-state index is 11.7. The molecule has 0 aromatic heterocycles. The molecule has 0 amide bonds. The summed E-state index contributed by atoms with van der Waals surface area (Å²) in [6, 6.07) is 0. The highest BCUT2D eigenvalue weighted by molar-refractivity contribution is 7.45. The smallest absolute Gasteiger partial charge is 0.0745 e. The van der Waals surface area contributed by atoms with Crippen molar-refractivity contribution in [2.45, 2.75) is 57.5 Å². The van der Waals surface area contributed by atoms with Crippen molar-refractivity contribution in [2.75, 3.05) is 6.16 Å². The van der Waals surface area contributed by atoms with Crippen LogP contribution < -0.4 is 0 Å². The van der Waals surface area contributed by atoms with Gasteiger partial charge in [0.25, 0.3) is 0 Å². The zero-order valence-electron chi connectivity index (χ0n) is 8.09. The number of hydrogen-bond acceptors (Lipinski definition) is 1. The van der Waals surface area contributed by atoms with Crippen LogP contribution >= 0.6 is 7.80 Å². The molecule has 0 aromatic rings. The number of unbranched alkanes of at least 4 members (excludes halogenated alkanes) is 2. The highest BCUT2D eigenvalue weighted by atomic mass is 31.1. The van der Waals surface area contributed by atoms with Crippen LogP contribution in [0.2, 0.25) is 0 Å². The minimum absolute atomic E-state index is 0.594. The Hall–Kier alpha value is 0.100. The quantitative estimate of drug-likeness (QED) is 0.470. The molecular formula is C10H20OP+. The van der Waals surface area contributed by atoms with E-state index in [2.05, 4.69) is 6.92 Å². The Morgan fingerprint density at radius 3 is 2.50 bits per heavy atom. The third-order valence-corrected chi connectivity index (χ3v) is 4.80. The van der Waals surface area contributed by atoms with E-state index in [4.69, 9.17) is 0 Å². The van der Waals surface area contributed by atoms with Crippen molar-refractivity contribution in [2.24, 2.45) is 0 Å². The van der Waals surface area contributed by atoms with Gasteiger partial charge >= 0.3 is 7.80 Å². The molecule has 0 heterocycles. The molecule has 0 spiro atoms. The average Bonchev–Trinajstić information content (AvgIpc) is 2.56. The molecule has 1 atom stereocenters. The van der Waals surface area contributed by atoms with Crippen molar-refractivity contribution in [3.8, 4) is 0 Å². The second-order valence-corrected chi connectivity index (χ2v) is 5.80. The summed E-state index contributed by atoms with van der Waals surface area (Å²) in [5.41, 5.74) is 0.594. The van der Waals surface area contributed by atoms with E-state index < -0.39 is 7.80 Å². The predicted molar refractivity (Wildman–Crippen MR) is 54.3 cm³/mol. The molecule has 1 aliphatic rings. The number of hydrogen-bond donors (Lipinski definition) is 0. The molecule has 1 unspecified atom stereocenters. The van der Waals surface area contributed by atoms with Crippen LogP contribution in [0.3, 0.4) is 0 Å². The van der Waals surface area contributed by atoms with Gasteiger partial charge in [0.1, 0.15) is 6.16 Å². The van der Waals surface area contributed by atoms with Crippen molar-refractivity contribution in [3.05, 3.63) is 0 Å². The van der Waals surface area contributed by atoms with Crippen LogP contribution in [-0.4, -0.2) is 11.8 Å². The lowest BCUT2D eigenvalue weighted by atomic mass is 10.3. The summed E-state index contributed by atoms with van der Waals surface area (Å²) in [4.78, 5) is 0. The van der Waals surface area contributed by atoms with E-state index >= 15 is 0 Å². The lowest BCUT2D eigenvalue weighted by Gasteiger charge is -1.95. The van der Waals surface area contributed by atoms with Crippen LogP contribution in [0.15, 0.2) is 0 Å². The summed E-state index contributed by atoms with van der Waals surface area (Å²) in [6.45, 7) is 2.20. The summed E-state index contributed by atoms with van der Waals surface area (Å²) in [5, 5.41) is 0. The summed E-state index contributed by atoms with van der Waals surface area (Å²) in [6.07, 6.45) is 9.79. The molecule has 1 aliphatic carbocycles. The fraction of sp³-hybridized carbons (Fsp3) is 1.00. The molecule has 0 radical (unpaired) electrons. The normalized spacial score (nSPS) is 19.9. The fourth-order valence-corrected chi connectivity index (χ4v) is 3.73. The summed E-state index contributed by atoms with van der Waals surface area (Å²) >= 11 is 0. The van der Waals surface area contributed by atoms with Crippen LogP contribution in [0, 0.1) is 0 Å². The van der Waals surface area contributed by atoms with E-state index in [1.54, 1.807) is 0 Å². The van der Waals surface area contributed by atoms with E-state index in [0.717, 1.165) is 6.16 Å². The molecule has 1 nitrogen and oxygen atoms in total. The molecule has 1 saturated carbocycles. The molecule has 1 rings (SSSR count). The van der Waals surface area contributed by atoms with Crippen LogP contribution in [0.1, 0.15) is 51.9 Å². The largest absolute Gasteiger partial charge is 0.341 e. The van der Waals surface area contributed by atoms with Gasteiger partial charge in [0.05, 0.1) is 0 Å². The second-order valence-electron chi connectivity index (χ2n) is 3.79. The Morgan fingerprint density at radius 2 is 1.92 bits per heavy atom. The van der Waals surface area contributed by atoms with Crippen molar-refractivity contribution in [1.29, 1.82) is 0 Å². The van der Waals surface area contributed by atoms with Gasteiger partial charge in [-0.2, -0.15) is 0 Å². The standard InChI is InChI=1S/C10H20OP/c1-2-3-6-9-12(11)10-7-4-5-8-10/h10H,2-9H2,1H3/q+1. The van der Waals surface area contributed by atoms with Gasteiger partial charge in [0.2, 0.25) is 0 Å². The van der Waals surface area contributed by atoms with Gasteiger partial charge in [0, 0.05) is 0 Å². The van der Waals surface area contributed by atoms with Gasteiger partial charge in [-0.15, -0.1) is 0 Å². The van der Waals surface area contributed by atoms with Crippen molar-refractivity contribution >= 4 is 7.80 Å². The molecule has 70 valence electrons. The van der Waals surface area contributed by atoms with E-state index in [0.29, 0.717) is 5.66 Å². The second kappa shape index (κ2) is 5.70. The molecule has 0 aromatic carbocycles. The van der Waals surface area contributed by atoms with Crippen LogP contribution in [0.25, 0.3) is 0 Å². The first-order valence-corrected chi connectivity index (χ1v) is 6.79. The molecule has 2 heteroatoms. The molecule has 1 fully saturated rings. The first-order chi connectivity index (χ1) is 5.84. The lowest BCUT2D eigenvalue weighted by molar-refractivity contribution is 0.574. The Kier molecular flexibility index (Phi) is 4.83. The van der Waals surface area contributed by atoms with E-state index in [1.807, 2.05) is 0 Å². The van der Waals surface area contributed by atoms with Crippen LogP contribution in [0.5, 0.6) is 0 Å². The van der Waals surface area contributed by atoms with Gasteiger partial charge in [-0.3, -0.25) is 0 Å². The van der Waals surface area contributed by atoms with E-state index in [1.165, 1.54) is 44.9 Å². The SMILES string of the molecule is CCCCC[P+](=O)C1CCCC1. The maximum Gasteiger partial charge on any atom is 0.341 e. The van der Waals surface area contributed by atoms with Gasteiger partial charge < -0.3 is 0 Å². The highest BCUT2D eigenvalue weighted by Gasteiger charge is 2.31. The third-order valence-electron chi connectivity index (χ3n) is 2.71. The third kappa shape index (κ3) is 3.23. The van der Waals surface area contributed by atoms with E-state index in [9.17, 15) is 4.57 Å². The summed E-state index contributed by atoms with van der Waals surface area (Å²) in [5.74, 6) is 0. The monoisotopic (exact) mass is 187 g/mol. The Bertz CT molecular complexity index is 139. The Labute approximate surface area is 76.7 Å². The maximum atomic E-state index is 11.7. The zero-order valence-corrected chi connectivity index (χ0v) is 8.98. The molecular weight excluding hydrogens is 167 g/mol. The van der Waals surface area contributed by atoms with Crippen molar-refractivity contribution in [1.82, 2.24) is 0 Å². The average molecular weight is 187 g/mol. The fourth-order valence-electron chi connectivity index (χ4n) is 1.89. The van der Waals surface area contributed by atoms with Crippen LogP contribution in [0.4, 0.5) is 0 Å². The van der Waals surface area contributed by atoms with Gasteiger partial charge in [-0.05, 0) is 38.5 Å². The van der Waals surface area contributed by atoms with Crippen molar-refractivity contribution in [3.63, 3.8) is 0 Å². The van der Waals surface area contributed by atoms with Crippen molar-refractivity contribution < 1.29 is 4.57 Å². The summed E-state index contributed by atoms with van der Waals surface area (Å²) < 4.78 is 11.7. The highest BCUT2D eigenvalue weighted by Crippen LogP contribution is 2.40. The van der Waals surface area contributed by atoms with E-state index in [-0.39, 0.29) is 0 Å². The molecule has 0 N–H and O–H groups in total. The first kappa shape index (κ1) is 10.2. The van der Waals surface area contributed by atoms with Crippen LogP contribution in [-0.2, 0) is 4.57 Å². The Morgan fingerprint density at radius 1 is 1.25 bits per heavy atom. The topological polar surface area (TPSA) is 17.1 Å². The first-order valence-electron chi connectivity index (χ1n) is 5.28. The molecule has 0 aliphatic heterocycles. The minimum Gasteiger partial charge on any atom is -0.0745 e. The predicted octanol–water partition coefficient (Wildman–Crippen LogP) is 3.95. The molecule has 12 heavy (non-hydrogen) atoms. The Balaban J connectivity index is 2.10. The minimum atomic E-state index is -0.843. The lowest BCUT2D eigenvalue weighted by Crippen LogP contribution is -1.96. The molecule has 0 bridgehead atoms. The van der Waals surface area contributed by atoms with Gasteiger partial charge in [-0.1, -0.05) is 17.9 Å². The van der Waals surface area contributed by atoms with Gasteiger partial charge in [0.15, 0.2) is 5.66 Å². The molecule has 0 saturated heterocycles. The number of rotatable bonds is 5. The zero-order chi connectivity index (χ0) is 8.81.